The Labute approximate surface area is 105 Å². The Balaban J connectivity index is 2.65. The minimum Gasteiger partial charge on any atom is -0.378 e. The Morgan fingerprint density at radius 2 is 2.12 bits per heavy atom. The van der Waals surface area contributed by atoms with Crippen LogP contribution in [0.5, 0.6) is 0 Å². The molecule has 0 aromatic heterocycles. The van der Waals surface area contributed by atoms with E-state index in [0.717, 1.165) is 26.1 Å². The summed E-state index contributed by atoms with van der Waals surface area (Å²) >= 11 is 0. The van der Waals surface area contributed by atoms with Gasteiger partial charge in [0.25, 0.3) is 0 Å². The number of hydrogen-bond acceptors (Lipinski definition) is 4. The van der Waals surface area contributed by atoms with Crippen LogP contribution in [0.1, 0.15) is 33.6 Å². The predicted octanol–water partition coefficient (Wildman–Crippen LogP) is 1.22. The standard InChI is InChI=1S/C12H25NO3S/c1-4-13-10-12(6-8-16-11(12)3)7-9-17(14,15)5-2/h11,13H,4-10H2,1-3H3. The van der Waals surface area contributed by atoms with Crippen molar-refractivity contribution in [3.05, 3.63) is 0 Å². The molecule has 1 heterocycles. The average Bonchev–Trinajstić information content (AvgIpc) is 2.67. The molecule has 2 unspecified atom stereocenters. The molecular formula is C12H25NO3S. The van der Waals surface area contributed by atoms with Crippen LogP contribution in [-0.2, 0) is 14.6 Å². The fourth-order valence-electron chi connectivity index (χ4n) is 2.34. The summed E-state index contributed by atoms with van der Waals surface area (Å²) in [5.41, 5.74) is -0.00174. The summed E-state index contributed by atoms with van der Waals surface area (Å²) in [7, 11) is -2.88. The maximum absolute atomic E-state index is 11.6. The molecule has 1 aliphatic heterocycles. The van der Waals surface area contributed by atoms with Crippen molar-refractivity contribution in [2.75, 3.05) is 31.2 Å². The van der Waals surface area contributed by atoms with Crippen LogP contribution in [0, 0.1) is 5.41 Å². The number of ether oxygens (including phenoxy) is 1. The summed E-state index contributed by atoms with van der Waals surface area (Å²) in [5, 5.41) is 3.34. The topological polar surface area (TPSA) is 55.4 Å². The Morgan fingerprint density at radius 1 is 1.41 bits per heavy atom. The first kappa shape index (κ1) is 14.9. The van der Waals surface area contributed by atoms with Crippen LogP contribution in [0.2, 0.25) is 0 Å². The van der Waals surface area contributed by atoms with Crippen molar-refractivity contribution in [2.24, 2.45) is 5.41 Å². The van der Waals surface area contributed by atoms with E-state index in [1.807, 2.05) is 0 Å². The summed E-state index contributed by atoms with van der Waals surface area (Å²) in [6.45, 7) is 8.35. The molecule has 2 atom stereocenters. The highest BCUT2D eigenvalue weighted by atomic mass is 32.2. The molecular weight excluding hydrogens is 238 g/mol. The molecule has 0 aliphatic carbocycles. The van der Waals surface area contributed by atoms with Crippen LogP contribution in [0.3, 0.4) is 0 Å². The zero-order valence-electron chi connectivity index (χ0n) is 11.2. The van der Waals surface area contributed by atoms with E-state index >= 15 is 0 Å². The van der Waals surface area contributed by atoms with E-state index in [-0.39, 0.29) is 23.0 Å². The SMILES string of the molecule is CCNCC1(CCS(=O)(=O)CC)CCOC1C. The van der Waals surface area contributed by atoms with Crippen LogP contribution in [0.15, 0.2) is 0 Å². The molecule has 17 heavy (non-hydrogen) atoms. The molecule has 102 valence electrons. The molecule has 0 spiro atoms. The fraction of sp³-hybridized carbons (Fsp3) is 1.00. The highest BCUT2D eigenvalue weighted by Gasteiger charge is 2.41. The number of nitrogens with one attached hydrogen (secondary N) is 1. The number of rotatable bonds is 7. The predicted molar refractivity (Wildman–Crippen MR) is 70.0 cm³/mol. The molecule has 1 fully saturated rings. The smallest absolute Gasteiger partial charge is 0.150 e. The first-order valence-electron chi connectivity index (χ1n) is 6.48. The Kier molecular flexibility index (Phi) is 5.41. The largest absolute Gasteiger partial charge is 0.378 e. The number of sulfone groups is 1. The van der Waals surface area contributed by atoms with E-state index in [1.165, 1.54) is 0 Å². The summed E-state index contributed by atoms with van der Waals surface area (Å²) in [5.74, 6) is 0.516. The minimum absolute atomic E-state index is 0.00174. The first-order valence-corrected chi connectivity index (χ1v) is 8.30. The second-order valence-electron chi connectivity index (χ2n) is 4.89. The van der Waals surface area contributed by atoms with Gasteiger partial charge in [0.05, 0.1) is 11.9 Å². The maximum atomic E-state index is 11.6. The third-order valence-corrected chi connectivity index (χ3v) is 5.61. The number of hydrogen-bond donors (Lipinski definition) is 1. The van der Waals surface area contributed by atoms with Gasteiger partial charge in [0, 0.05) is 24.3 Å². The summed E-state index contributed by atoms with van der Waals surface area (Å²) in [4.78, 5) is 0. The maximum Gasteiger partial charge on any atom is 0.150 e. The lowest BCUT2D eigenvalue weighted by Gasteiger charge is -2.32. The zero-order valence-corrected chi connectivity index (χ0v) is 12.0. The van der Waals surface area contributed by atoms with Gasteiger partial charge < -0.3 is 10.1 Å². The van der Waals surface area contributed by atoms with Gasteiger partial charge in [-0.3, -0.25) is 0 Å². The Hall–Kier alpha value is -0.130. The Morgan fingerprint density at radius 3 is 2.59 bits per heavy atom. The van der Waals surface area contributed by atoms with Crippen LogP contribution < -0.4 is 5.32 Å². The van der Waals surface area contributed by atoms with Gasteiger partial charge in [-0.25, -0.2) is 8.42 Å². The molecule has 0 radical (unpaired) electrons. The Bertz CT molecular complexity index is 329. The normalized spacial score (nSPS) is 29.7. The van der Waals surface area contributed by atoms with Crippen molar-refractivity contribution in [1.82, 2.24) is 5.32 Å². The molecule has 0 amide bonds. The molecule has 0 aromatic rings. The summed E-state index contributed by atoms with van der Waals surface area (Å²) in [6, 6.07) is 0. The van der Waals surface area contributed by atoms with Gasteiger partial charge in [-0.2, -0.15) is 0 Å². The van der Waals surface area contributed by atoms with E-state index in [2.05, 4.69) is 19.2 Å². The third-order valence-electron chi connectivity index (χ3n) is 3.91. The fourth-order valence-corrected chi connectivity index (χ4v) is 3.35. The molecule has 4 nitrogen and oxygen atoms in total. The quantitative estimate of drug-likeness (QED) is 0.750. The molecule has 1 rings (SSSR count). The van der Waals surface area contributed by atoms with Crippen molar-refractivity contribution in [2.45, 2.75) is 39.7 Å². The lowest BCUT2D eigenvalue weighted by Crippen LogP contribution is -2.41. The van der Waals surface area contributed by atoms with E-state index in [9.17, 15) is 8.42 Å². The van der Waals surface area contributed by atoms with Crippen LogP contribution in [0.4, 0.5) is 0 Å². The second kappa shape index (κ2) is 6.16. The lowest BCUT2D eigenvalue weighted by atomic mass is 9.79. The van der Waals surface area contributed by atoms with Crippen LogP contribution in [0.25, 0.3) is 0 Å². The van der Waals surface area contributed by atoms with E-state index < -0.39 is 9.84 Å². The molecule has 0 bridgehead atoms. The highest BCUT2D eigenvalue weighted by Crippen LogP contribution is 2.38. The van der Waals surface area contributed by atoms with Gasteiger partial charge in [-0.15, -0.1) is 0 Å². The van der Waals surface area contributed by atoms with Crippen LogP contribution >= 0.6 is 0 Å². The highest BCUT2D eigenvalue weighted by molar-refractivity contribution is 7.91. The molecule has 5 heteroatoms. The minimum atomic E-state index is -2.88. The van der Waals surface area contributed by atoms with Crippen molar-refractivity contribution >= 4 is 9.84 Å². The van der Waals surface area contributed by atoms with Gasteiger partial charge in [0.15, 0.2) is 0 Å². The van der Waals surface area contributed by atoms with E-state index in [1.54, 1.807) is 6.92 Å². The lowest BCUT2D eigenvalue weighted by molar-refractivity contribution is 0.0616. The van der Waals surface area contributed by atoms with Crippen LogP contribution in [-0.4, -0.2) is 45.7 Å². The first-order chi connectivity index (χ1) is 7.96. The van der Waals surface area contributed by atoms with Crippen molar-refractivity contribution in [3.63, 3.8) is 0 Å². The van der Waals surface area contributed by atoms with Gasteiger partial charge in [0.2, 0.25) is 0 Å². The second-order valence-corrected chi connectivity index (χ2v) is 7.36. The molecule has 1 saturated heterocycles. The van der Waals surface area contributed by atoms with Gasteiger partial charge in [0.1, 0.15) is 9.84 Å². The van der Waals surface area contributed by atoms with Crippen molar-refractivity contribution in [1.29, 1.82) is 0 Å². The van der Waals surface area contributed by atoms with E-state index in [4.69, 9.17) is 4.74 Å². The van der Waals surface area contributed by atoms with Crippen molar-refractivity contribution in [3.8, 4) is 0 Å². The third kappa shape index (κ3) is 3.93. The molecule has 1 N–H and O–H groups in total. The summed E-state index contributed by atoms with van der Waals surface area (Å²) in [6.07, 6.45) is 1.81. The van der Waals surface area contributed by atoms with Gasteiger partial charge >= 0.3 is 0 Å². The van der Waals surface area contributed by atoms with Crippen molar-refractivity contribution < 1.29 is 13.2 Å². The molecule has 0 aromatic carbocycles. The summed E-state index contributed by atoms with van der Waals surface area (Å²) < 4.78 is 28.9. The average molecular weight is 263 g/mol. The monoisotopic (exact) mass is 263 g/mol. The van der Waals surface area contributed by atoms with Gasteiger partial charge in [-0.05, 0) is 26.3 Å². The zero-order chi connectivity index (χ0) is 12.9. The van der Waals surface area contributed by atoms with Gasteiger partial charge in [-0.1, -0.05) is 13.8 Å². The molecule has 0 saturated carbocycles. The van der Waals surface area contributed by atoms with E-state index in [0.29, 0.717) is 6.42 Å². The molecule has 1 aliphatic rings.